The molecule has 4 aromatic rings. The number of rotatable bonds is 4. The van der Waals surface area contributed by atoms with E-state index in [1.165, 1.54) is 0 Å². The number of nitrogens with two attached hydrogens (primary N) is 1. The van der Waals surface area contributed by atoms with Gasteiger partial charge in [-0.25, -0.2) is 4.98 Å². The third-order valence-corrected chi connectivity index (χ3v) is 5.23. The Hall–Kier alpha value is -2.72. The maximum Gasteiger partial charge on any atom is 0.230 e. The van der Waals surface area contributed by atoms with Crippen LogP contribution >= 0.6 is 15.9 Å². The smallest absolute Gasteiger partial charge is 0.230 e. The minimum atomic E-state index is 0.158. The molecule has 0 saturated carbocycles. The number of hydrogen-bond acceptors (Lipinski definition) is 7. The number of nitrogens with zero attached hydrogens (tertiary/aromatic N) is 6. The Balaban J connectivity index is 1.47. The SMILES string of the molecule is N[C@H]1CCN(c2nc(NCc3nc4ccccc4[nH]3)n3ncc(Br)c3n2)C1. The van der Waals surface area contributed by atoms with E-state index >= 15 is 0 Å². The summed E-state index contributed by atoms with van der Waals surface area (Å²) in [7, 11) is 0. The number of fused-ring (bicyclic) bond motifs is 2. The van der Waals surface area contributed by atoms with Crippen molar-refractivity contribution < 1.29 is 0 Å². The number of H-pyrrole nitrogens is 1. The highest BCUT2D eigenvalue weighted by Gasteiger charge is 2.23. The van der Waals surface area contributed by atoms with Crippen molar-refractivity contribution in [2.45, 2.75) is 19.0 Å². The number of nitrogens with one attached hydrogen (secondary N) is 2. The van der Waals surface area contributed by atoms with Crippen molar-refractivity contribution in [1.29, 1.82) is 0 Å². The van der Waals surface area contributed by atoms with Gasteiger partial charge < -0.3 is 20.9 Å². The van der Waals surface area contributed by atoms with Crippen LogP contribution in [0, 0.1) is 0 Å². The second-order valence-electron chi connectivity index (χ2n) is 6.62. The molecule has 0 unspecified atom stereocenters. The first-order valence-corrected chi connectivity index (χ1v) is 9.56. The van der Waals surface area contributed by atoms with Crippen LogP contribution in [-0.4, -0.2) is 48.7 Å². The lowest BCUT2D eigenvalue weighted by Gasteiger charge is -2.17. The maximum atomic E-state index is 6.04. The number of imidazole rings is 1. The van der Waals surface area contributed by atoms with Gasteiger partial charge in [0, 0.05) is 19.1 Å². The van der Waals surface area contributed by atoms with Crippen molar-refractivity contribution >= 4 is 44.5 Å². The predicted molar refractivity (Wildman–Crippen MR) is 107 cm³/mol. The van der Waals surface area contributed by atoms with Crippen molar-refractivity contribution in [2.24, 2.45) is 5.73 Å². The molecular formula is C17H18BrN9. The Morgan fingerprint density at radius 2 is 2.15 bits per heavy atom. The van der Waals surface area contributed by atoms with Gasteiger partial charge in [-0.3, -0.25) is 0 Å². The quantitative estimate of drug-likeness (QED) is 0.455. The fourth-order valence-electron chi connectivity index (χ4n) is 3.32. The van der Waals surface area contributed by atoms with Crippen LogP contribution in [0.3, 0.4) is 0 Å². The average Bonchev–Trinajstić information content (AvgIpc) is 3.38. The molecule has 9 nitrogen and oxygen atoms in total. The minimum Gasteiger partial charge on any atom is -0.347 e. The van der Waals surface area contributed by atoms with E-state index < -0.39 is 0 Å². The highest BCUT2D eigenvalue weighted by Crippen LogP contribution is 2.23. The third kappa shape index (κ3) is 3.00. The Bertz CT molecular complexity index is 1090. The van der Waals surface area contributed by atoms with Gasteiger partial charge in [-0.15, -0.1) is 0 Å². The lowest BCUT2D eigenvalue weighted by molar-refractivity contribution is 0.749. The number of hydrogen-bond donors (Lipinski definition) is 3. The lowest BCUT2D eigenvalue weighted by atomic mass is 10.3. The van der Waals surface area contributed by atoms with Crippen LogP contribution < -0.4 is 16.0 Å². The van der Waals surface area contributed by atoms with Crippen LogP contribution in [-0.2, 0) is 6.54 Å². The van der Waals surface area contributed by atoms with Crippen molar-refractivity contribution in [3.63, 3.8) is 0 Å². The summed E-state index contributed by atoms with van der Waals surface area (Å²) in [6, 6.07) is 8.11. The van der Waals surface area contributed by atoms with Crippen LogP contribution in [0.25, 0.3) is 16.7 Å². The number of halogens is 1. The summed E-state index contributed by atoms with van der Waals surface area (Å²) in [6.07, 6.45) is 2.66. The summed E-state index contributed by atoms with van der Waals surface area (Å²) in [5, 5.41) is 7.69. The lowest BCUT2D eigenvalue weighted by Crippen LogP contribution is -2.28. The number of anilines is 2. The monoisotopic (exact) mass is 427 g/mol. The predicted octanol–water partition coefficient (Wildman–Crippen LogP) is 1.91. The summed E-state index contributed by atoms with van der Waals surface area (Å²) < 4.78 is 2.51. The first kappa shape index (κ1) is 16.5. The van der Waals surface area contributed by atoms with E-state index in [4.69, 9.17) is 5.73 Å². The van der Waals surface area contributed by atoms with Gasteiger partial charge in [-0.2, -0.15) is 19.6 Å². The van der Waals surface area contributed by atoms with Crippen LogP contribution in [0.15, 0.2) is 34.9 Å². The van der Waals surface area contributed by atoms with Crippen LogP contribution in [0.5, 0.6) is 0 Å². The highest BCUT2D eigenvalue weighted by atomic mass is 79.9. The second-order valence-corrected chi connectivity index (χ2v) is 7.48. The maximum absolute atomic E-state index is 6.04. The van der Waals surface area contributed by atoms with E-state index in [1.807, 2.05) is 24.3 Å². The Morgan fingerprint density at radius 1 is 1.26 bits per heavy atom. The molecule has 0 radical (unpaired) electrons. The van der Waals surface area contributed by atoms with Gasteiger partial charge in [0.2, 0.25) is 11.9 Å². The van der Waals surface area contributed by atoms with Crippen molar-refractivity contribution in [2.75, 3.05) is 23.3 Å². The van der Waals surface area contributed by atoms with Crippen LogP contribution in [0.1, 0.15) is 12.2 Å². The van der Waals surface area contributed by atoms with E-state index in [0.717, 1.165) is 40.8 Å². The molecule has 4 heterocycles. The van der Waals surface area contributed by atoms with Gasteiger partial charge in [0.25, 0.3) is 0 Å². The zero-order valence-corrected chi connectivity index (χ0v) is 16.0. The molecule has 0 amide bonds. The normalized spacial score (nSPS) is 17.3. The second kappa shape index (κ2) is 6.46. The Kier molecular flexibility index (Phi) is 3.94. The third-order valence-electron chi connectivity index (χ3n) is 4.67. The van der Waals surface area contributed by atoms with Gasteiger partial charge in [0.15, 0.2) is 5.65 Å². The fourth-order valence-corrected chi connectivity index (χ4v) is 3.66. The molecule has 1 saturated heterocycles. The average molecular weight is 428 g/mol. The van der Waals surface area contributed by atoms with Crippen molar-refractivity contribution in [3.05, 3.63) is 40.8 Å². The molecule has 3 aromatic heterocycles. The summed E-state index contributed by atoms with van der Waals surface area (Å²) in [4.78, 5) is 19.4. The minimum absolute atomic E-state index is 0.158. The Labute approximate surface area is 163 Å². The fraction of sp³-hybridized carbons (Fsp3) is 0.294. The van der Waals surface area contributed by atoms with Crippen LogP contribution in [0.4, 0.5) is 11.9 Å². The van der Waals surface area contributed by atoms with E-state index in [0.29, 0.717) is 24.1 Å². The topological polar surface area (TPSA) is 113 Å². The molecule has 1 fully saturated rings. The van der Waals surface area contributed by atoms with E-state index in [-0.39, 0.29) is 6.04 Å². The Morgan fingerprint density at radius 3 is 2.96 bits per heavy atom. The highest BCUT2D eigenvalue weighted by molar-refractivity contribution is 9.10. The summed E-state index contributed by atoms with van der Waals surface area (Å²) in [6.45, 7) is 2.11. The van der Waals surface area contributed by atoms with Gasteiger partial charge in [0.05, 0.1) is 28.2 Å². The molecule has 1 aliphatic rings. The molecular weight excluding hydrogens is 410 g/mol. The van der Waals surface area contributed by atoms with Crippen LogP contribution in [0.2, 0.25) is 0 Å². The summed E-state index contributed by atoms with van der Waals surface area (Å²) in [5.74, 6) is 2.10. The van der Waals surface area contributed by atoms with Gasteiger partial charge >= 0.3 is 0 Å². The number of aromatic amines is 1. The standard InChI is InChI=1S/C17H18BrN9/c18-11-7-21-27-15(11)24-17(26-6-5-10(19)9-26)25-16(27)20-8-14-22-12-3-1-2-4-13(12)23-14/h1-4,7,10H,5-6,8-9,19H2,(H,22,23)(H,20,24,25)/t10-/m0/s1. The van der Waals surface area contributed by atoms with E-state index in [1.54, 1.807) is 10.7 Å². The summed E-state index contributed by atoms with van der Waals surface area (Å²) in [5.41, 5.74) is 8.71. The van der Waals surface area contributed by atoms with Crippen molar-refractivity contribution in [1.82, 2.24) is 29.5 Å². The first-order valence-electron chi connectivity index (χ1n) is 8.77. The van der Waals surface area contributed by atoms with Crippen molar-refractivity contribution in [3.8, 4) is 0 Å². The molecule has 138 valence electrons. The molecule has 4 N–H and O–H groups in total. The van der Waals surface area contributed by atoms with Gasteiger partial charge in [-0.1, -0.05) is 12.1 Å². The number of para-hydroxylation sites is 2. The van der Waals surface area contributed by atoms with E-state index in [9.17, 15) is 0 Å². The molecule has 0 aliphatic carbocycles. The molecule has 1 atom stereocenters. The van der Waals surface area contributed by atoms with Gasteiger partial charge in [0.1, 0.15) is 5.82 Å². The number of aromatic nitrogens is 6. The molecule has 1 aromatic carbocycles. The largest absolute Gasteiger partial charge is 0.347 e. The molecule has 0 bridgehead atoms. The molecule has 5 rings (SSSR count). The summed E-state index contributed by atoms with van der Waals surface area (Å²) >= 11 is 3.51. The van der Waals surface area contributed by atoms with Gasteiger partial charge in [-0.05, 0) is 34.5 Å². The molecule has 10 heteroatoms. The first-order chi connectivity index (χ1) is 13.2. The van der Waals surface area contributed by atoms with E-state index in [2.05, 4.69) is 51.2 Å². The molecule has 1 aliphatic heterocycles. The zero-order valence-electron chi connectivity index (χ0n) is 14.4. The zero-order chi connectivity index (χ0) is 18.4. The number of benzene rings is 1. The molecule has 0 spiro atoms. The molecule has 27 heavy (non-hydrogen) atoms.